The summed E-state index contributed by atoms with van der Waals surface area (Å²) in [6.07, 6.45) is -4.43. The van der Waals surface area contributed by atoms with E-state index >= 15 is 0 Å². The fourth-order valence-electron chi connectivity index (χ4n) is 1.57. The van der Waals surface area contributed by atoms with E-state index in [1.54, 1.807) is 18.2 Å². The van der Waals surface area contributed by atoms with Crippen molar-refractivity contribution < 1.29 is 13.2 Å². The number of hydrogen-bond donors (Lipinski definition) is 2. The van der Waals surface area contributed by atoms with Gasteiger partial charge in [0.1, 0.15) is 0 Å². The van der Waals surface area contributed by atoms with Crippen LogP contribution in [0.15, 0.2) is 36.4 Å². The maximum atomic E-state index is 12.5. The van der Waals surface area contributed by atoms with Crippen LogP contribution in [-0.2, 0) is 6.18 Å². The Morgan fingerprint density at radius 2 is 1.65 bits per heavy atom. The van der Waals surface area contributed by atoms with Crippen LogP contribution >= 0.6 is 23.2 Å². The van der Waals surface area contributed by atoms with E-state index in [-0.39, 0.29) is 5.02 Å². The van der Waals surface area contributed by atoms with Crippen LogP contribution in [0.2, 0.25) is 10.0 Å². The average molecular weight is 321 g/mol. The van der Waals surface area contributed by atoms with Crippen molar-refractivity contribution in [1.29, 1.82) is 0 Å². The fraction of sp³-hybridized carbons (Fsp3) is 0.0769. The molecule has 20 heavy (non-hydrogen) atoms. The number of hydrogen-bond acceptors (Lipinski definition) is 2. The van der Waals surface area contributed by atoms with Gasteiger partial charge >= 0.3 is 6.18 Å². The second-order valence-corrected chi connectivity index (χ2v) is 4.89. The molecule has 2 aromatic carbocycles. The van der Waals surface area contributed by atoms with Crippen LogP contribution in [0, 0.1) is 0 Å². The third-order valence-electron chi connectivity index (χ3n) is 2.58. The van der Waals surface area contributed by atoms with E-state index in [4.69, 9.17) is 28.9 Å². The molecule has 0 heterocycles. The average Bonchev–Trinajstić information content (AvgIpc) is 2.35. The molecule has 0 unspecified atom stereocenters. The third-order valence-corrected chi connectivity index (χ3v) is 3.13. The van der Waals surface area contributed by atoms with Crippen molar-refractivity contribution in [3.63, 3.8) is 0 Å². The first-order valence-electron chi connectivity index (χ1n) is 5.46. The van der Waals surface area contributed by atoms with E-state index in [1.807, 2.05) is 0 Å². The molecule has 0 amide bonds. The minimum Gasteiger partial charge on any atom is -0.397 e. The Kier molecular flexibility index (Phi) is 4.01. The first-order chi connectivity index (χ1) is 9.27. The molecule has 106 valence electrons. The minimum absolute atomic E-state index is 0.0563. The zero-order valence-electron chi connectivity index (χ0n) is 9.93. The predicted molar refractivity (Wildman–Crippen MR) is 75.6 cm³/mol. The van der Waals surface area contributed by atoms with Crippen LogP contribution in [-0.4, -0.2) is 0 Å². The van der Waals surface area contributed by atoms with E-state index in [0.717, 1.165) is 12.1 Å². The molecule has 0 bridgehead atoms. The normalized spacial score (nSPS) is 11.4. The molecule has 7 heteroatoms. The lowest BCUT2D eigenvalue weighted by molar-refractivity contribution is -0.137. The molecule has 2 nitrogen and oxygen atoms in total. The van der Waals surface area contributed by atoms with Crippen molar-refractivity contribution in [2.24, 2.45) is 0 Å². The summed E-state index contributed by atoms with van der Waals surface area (Å²) in [7, 11) is 0. The molecule has 0 aliphatic rings. The van der Waals surface area contributed by atoms with Gasteiger partial charge in [-0.25, -0.2) is 0 Å². The second-order valence-electron chi connectivity index (χ2n) is 4.05. The molecule has 0 spiro atoms. The lowest BCUT2D eigenvalue weighted by Gasteiger charge is -2.13. The van der Waals surface area contributed by atoms with Crippen molar-refractivity contribution in [2.45, 2.75) is 6.18 Å². The highest BCUT2D eigenvalue weighted by molar-refractivity contribution is 6.33. The molecule has 0 atom stereocenters. The molecule has 0 radical (unpaired) electrons. The van der Waals surface area contributed by atoms with Gasteiger partial charge in [0.15, 0.2) is 0 Å². The molecular weight excluding hydrogens is 312 g/mol. The zero-order chi connectivity index (χ0) is 14.9. The molecule has 3 N–H and O–H groups in total. The Morgan fingerprint density at radius 3 is 2.25 bits per heavy atom. The van der Waals surface area contributed by atoms with E-state index in [2.05, 4.69) is 5.32 Å². The number of nitrogens with one attached hydrogen (secondary N) is 1. The maximum Gasteiger partial charge on any atom is 0.416 e. The third kappa shape index (κ3) is 3.29. The van der Waals surface area contributed by atoms with Gasteiger partial charge in [-0.05, 0) is 36.4 Å². The Balaban J connectivity index is 2.33. The summed E-state index contributed by atoms with van der Waals surface area (Å²) in [6, 6.07) is 7.79. The lowest BCUT2D eigenvalue weighted by atomic mass is 10.2. The smallest absolute Gasteiger partial charge is 0.397 e. The SMILES string of the molecule is Nc1ccc(Cl)cc1Nc1ccc(C(F)(F)F)cc1Cl. The summed E-state index contributed by atoms with van der Waals surface area (Å²) in [5.74, 6) is 0. The van der Waals surface area contributed by atoms with E-state index in [1.165, 1.54) is 6.07 Å². The van der Waals surface area contributed by atoms with Gasteiger partial charge in [0, 0.05) is 5.02 Å². The largest absolute Gasteiger partial charge is 0.416 e. The van der Waals surface area contributed by atoms with Gasteiger partial charge in [-0.15, -0.1) is 0 Å². The monoisotopic (exact) mass is 320 g/mol. The van der Waals surface area contributed by atoms with Crippen molar-refractivity contribution in [3.05, 3.63) is 52.0 Å². The van der Waals surface area contributed by atoms with Gasteiger partial charge in [-0.3, -0.25) is 0 Å². The van der Waals surface area contributed by atoms with Crippen molar-refractivity contribution in [1.82, 2.24) is 0 Å². The Bertz CT molecular complexity index is 642. The van der Waals surface area contributed by atoms with Gasteiger partial charge in [-0.2, -0.15) is 13.2 Å². The van der Waals surface area contributed by atoms with Crippen LogP contribution in [0.1, 0.15) is 5.56 Å². The van der Waals surface area contributed by atoms with Gasteiger partial charge < -0.3 is 11.1 Å². The number of rotatable bonds is 2. The molecule has 0 aliphatic carbocycles. The summed E-state index contributed by atoms with van der Waals surface area (Å²) in [4.78, 5) is 0. The number of alkyl halides is 3. The standard InChI is InChI=1S/C13H9Cl2F3N2/c14-8-2-3-10(19)12(6-8)20-11-4-1-7(5-9(11)15)13(16,17)18/h1-6,20H,19H2. The summed E-state index contributed by atoms with van der Waals surface area (Å²) >= 11 is 11.7. The lowest BCUT2D eigenvalue weighted by Crippen LogP contribution is -2.05. The van der Waals surface area contributed by atoms with Crippen LogP contribution in [0.4, 0.5) is 30.2 Å². The van der Waals surface area contributed by atoms with Crippen molar-refractivity contribution in [3.8, 4) is 0 Å². The van der Waals surface area contributed by atoms with Gasteiger partial charge in [0.2, 0.25) is 0 Å². The molecule has 2 aromatic rings. The summed E-state index contributed by atoms with van der Waals surface area (Å²) < 4.78 is 37.6. The van der Waals surface area contributed by atoms with Gasteiger partial charge in [0.25, 0.3) is 0 Å². The van der Waals surface area contributed by atoms with Crippen LogP contribution in [0.25, 0.3) is 0 Å². The highest BCUT2D eigenvalue weighted by Gasteiger charge is 2.30. The first kappa shape index (κ1) is 14.8. The maximum absolute atomic E-state index is 12.5. The Hall–Kier alpha value is -1.59. The molecule has 0 saturated heterocycles. The fourth-order valence-corrected chi connectivity index (χ4v) is 1.97. The van der Waals surface area contributed by atoms with Gasteiger partial charge in [0.05, 0.1) is 27.6 Å². The molecule has 0 aromatic heterocycles. The zero-order valence-corrected chi connectivity index (χ0v) is 11.4. The molecule has 0 aliphatic heterocycles. The molecule has 0 saturated carbocycles. The van der Waals surface area contributed by atoms with Crippen LogP contribution < -0.4 is 11.1 Å². The number of halogens is 5. The number of anilines is 3. The number of nitrogens with two attached hydrogens (primary N) is 1. The van der Waals surface area contributed by atoms with E-state index in [9.17, 15) is 13.2 Å². The quantitative estimate of drug-likeness (QED) is 0.733. The predicted octanol–water partition coefficient (Wildman–Crippen LogP) is 5.34. The first-order valence-corrected chi connectivity index (χ1v) is 6.22. The summed E-state index contributed by atoms with van der Waals surface area (Å²) in [5.41, 5.74) is 6.12. The van der Waals surface area contributed by atoms with Gasteiger partial charge in [-0.1, -0.05) is 23.2 Å². The number of benzene rings is 2. The highest BCUT2D eigenvalue weighted by atomic mass is 35.5. The van der Waals surface area contributed by atoms with Crippen LogP contribution in [0.3, 0.4) is 0 Å². The molecule has 0 fully saturated rings. The summed E-state index contributed by atoms with van der Waals surface area (Å²) in [5, 5.41) is 3.24. The topological polar surface area (TPSA) is 38.0 Å². The van der Waals surface area contributed by atoms with Crippen LogP contribution in [0.5, 0.6) is 0 Å². The summed E-state index contributed by atoms with van der Waals surface area (Å²) in [6.45, 7) is 0. The second kappa shape index (κ2) is 5.42. The van der Waals surface area contributed by atoms with E-state index < -0.39 is 11.7 Å². The highest BCUT2D eigenvalue weighted by Crippen LogP contribution is 2.35. The molecular formula is C13H9Cl2F3N2. The van der Waals surface area contributed by atoms with Crippen molar-refractivity contribution >= 4 is 40.3 Å². The van der Waals surface area contributed by atoms with Crippen molar-refractivity contribution in [2.75, 3.05) is 11.1 Å². The minimum atomic E-state index is -4.43. The number of nitrogen functional groups attached to an aromatic ring is 1. The molecule has 2 rings (SSSR count). The van der Waals surface area contributed by atoms with E-state index in [0.29, 0.717) is 22.1 Å². The Labute approximate surface area is 123 Å². The Morgan fingerprint density at radius 1 is 0.950 bits per heavy atom.